The van der Waals surface area contributed by atoms with E-state index in [1.165, 1.54) is 17.0 Å². The van der Waals surface area contributed by atoms with Crippen LogP contribution in [0, 0.1) is 17.0 Å². The topological polar surface area (TPSA) is 73.3 Å². The zero-order valence-electron chi connectivity index (χ0n) is 10.1. The van der Waals surface area contributed by atoms with Gasteiger partial charge in [-0.25, -0.2) is 9.55 Å². The molecule has 0 amide bonds. The molecule has 0 fully saturated rings. The summed E-state index contributed by atoms with van der Waals surface area (Å²) in [5.41, 5.74) is 1.94. The van der Waals surface area contributed by atoms with Gasteiger partial charge in [-0.15, -0.1) is 0 Å². The molecule has 1 heterocycles. The van der Waals surface area contributed by atoms with E-state index in [0.717, 1.165) is 11.3 Å². The fourth-order valence-corrected chi connectivity index (χ4v) is 1.47. The molecule has 0 N–H and O–H groups in total. The van der Waals surface area contributed by atoms with E-state index in [1.807, 2.05) is 31.2 Å². The van der Waals surface area contributed by atoms with Crippen molar-refractivity contribution in [3.63, 3.8) is 0 Å². The third kappa shape index (κ3) is 2.42. The van der Waals surface area contributed by atoms with Crippen molar-refractivity contribution in [1.29, 1.82) is 0 Å². The maximum Gasteiger partial charge on any atom is 0.342 e. The number of nitrogens with zero attached hydrogens (tertiary/aromatic N) is 4. The van der Waals surface area contributed by atoms with Gasteiger partial charge >= 0.3 is 5.82 Å². The van der Waals surface area contributed by atoms with Crippen LogP contribution >= 0.6 is 0 Å². The second-order valence-electron chi connectivity index (χ2n) is 3.88. The summed E-state index contributed by atoms with van der Waals surface area (Å²) in [6.07, 6.45) is 2.73. The largest absolute Gasteiger partial charge is 0.358 e. The molecule has 0 unspecified atom stereocenters. The highest BCUT2D eigenvalue weighted by Gasteiger charge is 2.14. The second-order valence-corrected chi connectivity index (χ2v) is 3.88. The molecule has 92 valence electrons. The highest BCUT2D eigenvalue weighted by molar-refractivity contribution is 5.78. The van der Waals surface area contributed by atoms with Crippen LogP contribution in [0.1, 0.15) is 11.4 Å². The van der Waals surface area contributed by atoms with Crippen molar-refractivity contribution in [3.05, 3.63) is 52.0 Å². The summed E-state index contributed by atoms with van der Waals surface area (Å²) >= 11 is 0. The van der Waals surface area contributed by atoms with Crippen molar-refractivity contribution < 1.29 is 4.92 Å². The Morgan fingerprint density at radius 1 is 1.39 bits per heavy atom. The standard InChI is InChI=1S/C12H12N4O2/c1-9-3-5-10(6-4-9)13-7-11-14-8-12(15(11)2)16(17)18/h3-8H,1-2H3. The van der Waals surface area contributed by atoms with E-state index < -0.39 is 4.92 Å². The summed E-state index contributed by atoms with van der Waals surface area (Å²) in [5.74, 6) is 0.391. The first-order chi connectivity index (χ1) is 8.58. The first kappa shape index (κ1) is 12.0. The monoisotopic (exact) mass is 244 g/mol. The maximum atomic E-state index is 10.6. The number of benzene rings is 1. The Morgan fingerprint density at radius 3 is 2.61 bits per heavy atom. The molecular formula is C12H12N4O2. The third-order valence-corrected chi connectivity index (χ3v) is 2.55. The highest BCUT2D eigenvalue weighted by Crippen LogP contribution is 2.14. The van der Waals surface area contributed by atoms with Crippen LogP contribution in [0.3, 0.4) is 0 Å². The lowest BCUT2D eigenvalue weighted by Gasteiger charge is -1.95. The number of nitro groups is 1. The molecule has 0 bridgehead atoms. The molecule has 18 heavy (non-hydrogen) atoms. The number of rotatable bonds is 3. The average molecular weight is 244 g/mol. The predicted molar refractivity (Wildman–Crippen MR) is 68.3 cm³/mol. The summed E-state index contributed by atoms with van der Waals surface area (Å²) in [5, 5.41) is 10.6. The number of imidazole rings is 1. The summed E-state index contributed by atoms with van der Waals surface area (Å²) < 4.78 is 1.39. The Morgan fingerprint density at radius 2 is 2.06 bits per heavy atom. The van der Waals surface area contributed by atoms with Gasteiger partial charge in [0.2, 0.25) is 5.82 Å². The normalized spacial score (nSPS) is 11.0. The van der Waals surface area contributed by atoms with Crippen molar-refractivity contribution in [2.45, 2.75) is 6.92 Å². The van der Waals surface area contributed by atoms with Crippen LogP contribution in [-0.2, 0) is 7.05 Å². The number of hydrogen-bond acceptors (Lipinski definition) is 4. The molecule has 0 spiro atoms. The van der Waals surface area contributed by atoms with Gasteiger partial charge in [0.25, 0.3) is 0 Å². The fourth-order valence-electron chi connectivity index (χ4n) is 1.47. The van der Waals surface area contributed by atoms with Gasteiger partial charge in [-0.2, -0.15) is 0 Å². The molecule has 0 saturated carbocycles. The molecule has 6 heteroatoms. The van der Waals surface area contributed by atoms with Gasteiger partial charge in [0.15, 0.2) is 0 Å². The van der Waals surface area contributed by atoms with E-state index in [0.29, 0.717) is 5.82 Å². The zero-order valence-corrected chi connectivity index (χ0v) is 10.1. The van der Waals surface area contributed by atoms with Gasteiger partial charge in [-0.05, 0) is 24.0 Å². The highest BCUT2D eigenvalue weighted by atomic mass is 16.6. The molecular weight excluding hydrogens is 232 g/mol. The lowest BCUT2D eigenvalue weighted by molar-refractivity contribution is -0.391. The van der Waals surface area contributed by atoms with E-state index >= 15 is 0 Å². The Bertz CT molecular complexity index is 599. The SMILES string of the molecule is Cc1ccc(N=Cc2ncc([N+](=O)[O-])n2C)cc1. The van der Waals surface area contributed by atoms with Crippen LogP contribution in [-0.4, -0.2) is 20.7 Å². The van der Waals surface area contributed by atoms with Gasteiger partial charge < -0.3 is 10.1 Å². The van der Waals surface area contributed by atoms with Crippen LogP contribution in [0.25, 0.3) is 0 Å². The molecule has 0 aliphatic carbocycles. The van der Waals surface area contributed by atoms with Crippen molar-refractivity contribution in [3.8, 4) is 0 Å². The summed E-state index contributed by atoms with van der Waals surface area (Å²) in [6, 6.07) is 7.66. The van der Waals surface area contributed by atoms with E-state index in [-0.39, 0.29) is 5.82 Å². The van der Waals surface area contributed by atoms with Crippen LogP contribution in [0.2, 0.25) is 0 Å². The Hall–Kier alpha value is -2.50. The Labute approximate surface area is 104 Å². The van der Waals surface area contributed by atoms with Crippen molar-refractivity contribution in [2.24, 2.45) is 12.0 Å². The fraction of sp³-hybridized carbons (Fsp3) is 0.167. The first-order valence-electron chi connectivity index (χ1n) is 5.35. The van der Waals surface area contributed by atoms with Gasteiger partial charge in [0.05, 0.1) is 18.9 Å². The molecule has 0 aliphatic rings. The molecule has 6 nitrogen and oxygen atoms in total. The van der Waals surface area contributed by atoms with Crippen LogP contribution in [0.5, 0.6) is 0 Å². The van der Waals surface area contributed by atoms with Crippen molar-refractivity contribution in [1.82, 2.24) is 9.55 Å². The summed E-state index contributed by atoms with van der Waals surface area (Å²) in [6.45, 7) is 2.00. The number of aromatic nitrogens is 2. The first-order valence-corrected chi connectivity index (χ1v) is 5.35. The molecule has 2 rings (SSSR count). The van der Waals surface area contributed by atoms with Gasteiger partial charge in [-0.1, -0.05) is 17.7 Å². The molecule has 2 aromatic rings. The van der Waals surface area contributed by atoms with E-state index in [9.17, 15) is 10.1 Å². The summed E-state index contributed by atoms with van der Waals surface area (Å²) in [4.78, 5) is 18.3. The molecule has 0 atom stereocenters. The minimum absolute atomic E-state index is 0.0552. The smallest absolute Gasteiger partial charge is 0.342 e. The van der Waals surface area contributed by atoms with Crippen molar-refractivity contribution in [2.75, 3.05) is 0 Å². The van der Waals surface area contributed by atoms with Crippen LogP contribution in [0.4, 0.5) is 11.5 Å². The average Bonchev–Trinajstić information content (AvgIpc) is 2.70. The van der Waals surface area contributed by atoms with Gasteiger partial charge in [0, 0.05) is 0 Å². The summed E-state index contributed by atoms with van der Waals surface area (Å²) in [7, 11) is 1.58. The van der Waals surface area contributed by atoms with Crippen LogP contribution in [0.15, 0.2) is 35.5 Å². The lowest BCUT2D eigenvalue weighted by atomic mass is 10.2. The van der Waals surface area contributed by atoms with Gasteiger partial charge in [-0.3, -0.25) is 4.99 Å². The van der Waals surface area contributed by atoms with E-state index in [1.54, 1.807) is 7.05 Å². The van der Waals surface area contributed by atoms with Gasteiger partial charge in [0.1, 0.15) is 6.20 Å². The quantitative estimate of drug-likeness (QED) is 0.472. The molecule has 0 radical (unpaired) electrons. The number of aryl methyl sites for hydroxylation is 1. The molecule has 1 aromatic carbocycles. The maximum absolute atomic E-state index is 10.6. The number of aliphatic imine (C=N–C) groups is 1. The molecule has 0 aliphatic heterocycles. The zero-order chi connectivity index (χ0) is 13.1. The van der Waals surface area contributed by atoms with E-state index in [2.05, 4.69) is 9.98 Å². The minimum atomic E-state index is -0.476. The predicted octanol–water partition coefficient (Wildman–Crippen LogP) is 2.39. The second kappa shape index (κ2) is 4.79. The van der Waals surface area contributed by atoms with Crippen LogP contribution < -0.4 is 0 Å². The number of hydrogen-bond donors (Lipinski definition) is 0. The molecule has 0 saturated heterocycles. The molecule has 1 aromatic heterocycles. The third-order valence-electron chi connectivity index (χ3n) is 2.55. The minimum Gasteiger partial charge on any atom is -0.358 e. The van der Waals surface area contributed by atoms with E-state index in [4.69, 9.17) is 0 Å². The Kier molecular flexibility index (Phi) is 3.18. The Balaban J connectivity index is 2.24. The lowest BCUT2D eigenvalue weighted by Crippen LogP contribution is -2.00. The van der Waals surface area contributed by atoms with Crippen molar-refractivity contribution >= 4 is 17.7 Å².